The molecule has 0 saturated heterocycles. The van der Waals surface area contributed by atoms with E-state index in [0.717, 1.165) is 4.31 Å². The largest absolute Gasteiger partial charge is 0.325 e. The fourth-order valence-corrected chi connectivity index (χ4v) is 7.36. The highest BCUT2D eigenvalue weighted by Crippen LogP contribution is 2.43. The third-order valence-corrected chi connectivity index (χ3v) is 10.1. The van der Waals surface area contributed by atoms with Gasteiger partial charge in [0.05, 0.1) is 21.2 Å². The molecule has 0 aromatic heterocycles. The molecular weight excluding hydrogens is 581 g/mol. The molecule has 0 fully saturated rings. The number of rotatable bonds is 6. The lowest BCUT2D eigenvalue weighted by Gasteiger charge is -2.31. The van der Waals surface area contributed by atoms with E-state index in [2.05, 4.69) is 10.0 Å². The Balaban J connectivity index is 1.35. The fraction of sp³-hybridized carbons (Fsp3) is 0.0741. The third-order valence-electron chi connectivity index (χ3n) is 6.22. The summed E-state index contributed by atoms with van der Waals surface area (Å²) in [5.41, 5.74) is 2.67. The zero-order valence-corrected chi connectivity index (χ0v) is 23.5. The van der Waals surface area contributed by atoms with Gasteiger partial charge in [0.1, 0.15) is 6.54 Å². The van der Waals surface area contributed by atoms with Crippen LogP contribution in [0.15, 0.2) is 94.7 Å². The molecule has 12 heteroatoms. The first-order valence-electron chi connectivity index (χ1n) is 11.6. The van der Waals surface area contributed by atoms with Crippen LogP contribution < -0.4 is 14.3 Å². The van der Waals surface area contributed by atoms with Crippen molar-refractivity contribution in [3.63, 3.8) is 0 Å². The maximum Gasteiger partial charge on any atom is 0.265 e. The van der Waals surface area contributed by atoms with Crippen molar-refractivity contribution in [2.75, 3.05) is 20.9 Å². The van der Waals surface area contributed by atoms with Crippen LogP contribution in [0.5, 0.6) is 0 Å². The zero-order chi connectivity index (χ0) is 27.9. The Bertz CT molecular complexity index is 1830. The van der Waals surface area contributed by atoms with Crippen LogP contribution in [-0.4, -0.2) is 29.3 Å². The van der Waals surface area contributed by atoms with E-state index in [1.54, 1.807) is 61.5 Å². The normalized spacial score (nSPS) is 13.8. The van der Waals surface area contributed by atoms with Gasteiger partial charge in [-0.3, -0.25) is 13.8 Å². The van der Waals surface area contributed by atoms with E-state index in [0.29, 0.717) is 43.8 Å². The van der Waals surface area contributed by atoms with Gasteiger partial charge in [-0.05, 0) is 73.2 Å². The van der Waals surface area contributed by atoms with Gasteiger partial charge in [-0.15, -0.1) is 0 Å². The van der Waals surface area contributed by atoms with Gasteiger partial charge in [0.25, 0.3) is 20.0 Å². The molecule has 2 N–H and O–H groups in total. The number of fused-ring (bicyclic) bond motifs is 3. The van der Waals surface area contributed by atoms with Crippen molar-refractivity contribution >= 4 is 66.2 Å². The number of carbonyl (C=O) groups is 1. The van der Waals surface area contributed by atoms with Crippen molar-refractivity contribution in [3.8, 4) is 11.1 Å². The first-order chi connectivity index (χ1) is 18.5. The summed E-state index contributed by atoms with van der Waals surface area (Å²) in [5, 5.41) is 3.50. The molecule has 200 valence electrons. The molecule has 1 aliphatic heterocycles. The average molecular weight is 603 g/mol. The van der Waals surface area contributed by atoms with Gasteiger partial charge in [-0.25, -0.2) is 16.8 Å². The van der Waals surface area contributed by atoms with Crippen LogP contribution in [-0.2, 0) is 24.8 Å². The van der Waals surface area contributed by atoms with Crippen LogP contribution in [0.1, 0.15) is 5.56 Å². The van der Waals surface area contributed by atoms with E-state index in [-0.39, 0.29) is 9.79 Å². The fourth-order valence-electron chi connectivity index (χ4n) is 4.24. The number of nitrogens with one attached hydrogen (secondary N) is 2. The minimum absolute atomic E-state index is 0.0269. The zero-order valence-electron chi connectivity index (χ0n) is 20.4. The van der Waals surface area contributed by atoms with Crippen molar-refractivity contribution in [2.24, 2.45) is 0 Å². The number of hydrogen-bond donors (Lipinski definition) is 2. The van der Waals surface area contributed by atoms with Crippen molar-refractivity contribution in [3.05, 3.63) is 101 Å². The van der Waals surface area contributed by atoms with E-state index in [9.17, 15) is 21.6 Å². The van der Waals surface area contributed by atoms with Gasteiger partial charge in [0.15, 0.2) is 0 Å². The lowest BCUT2D eigenvalue weighted by Crippen LogP contribution is -2.40. The van der Waals surface area contributed by atoms with Crippen molar-refractivity contribution in [1.82, 2.24) is 0 Å². The van der Waals surface area contributed by atoms with Crippen molar-refractivity contribution < 1.29 is 21.6 Å². The molecule has 0 aliphatic carbocycles. The second kappa shape index (κ2) is 10.2. The monoisotopic (exact) mass is 601 g/mol. The van der Waals surface area contributed by atoms with E-state index in [1.807, 2.05) is 0 Å². The van der Waals surface area contributed by atoms with Crippen LogP contribution in [0.25, 0.3) is 11.1 Å². The summed E-state index contributed by atoms with van der Waals surface area (Å²) < 4.78 is 56.1. The average Bonchev–Trinajstić information content (AvgIpc) is 2.90. The highest BCUT2D eigenvalue weighted by atomic mass is 35.5. The maximum atomic E-state index is 13.4. The van der Waals surface area contributed by atoms with Gasteiger partial charge < -0.3 is 5.32 Å². The molecule has 39 heavy (non-hydrogen) atoms. The smallest absolute Gasteiger partial charge is 0.265 e. The van der Waals surface area contributed by atoms with Crippen LogP contribution >= 0.6 is 23.2 Å². The number of amides is 1. The number of anilines is 3. The summed E-state index contributed by atoms with van der Waals surface area (Å²) >= 11 is 12.3. The van der Waals surface area contributed by atoms with E-state index < -0.39 is 32.5 Å². The second-order valence-electron chi connectivity index (χ2n) is 8.76. The summed E-state index contributed by atoms with van der Waals surface area (Å²) in [6.45, 7) is 1.20. The van der Waals surface area contributed by atoms with Crippen LogP contribution in [0.2, 0.25) is 10.0 Å². The van der Waals surface area contributed by atoms with E-state index in [1.165, 1.54) is 30.3 Å². The molecule has 0 bridgehead atoms. The minimum Gasteiger partial charge on any atom is -0.325 e. The first-order valence-corrected chi connectivity index (χ1v) is 15.2. The van der Waals surface area contributed by atoms with Crippen LogP contribution in [0.3, 0.4) is 0 Å². The molecule has 1 amide bonds. The Morgan fingerprint density at radius 3 is 2.36 bits per heavy atom. The topological polar surface area (TPSA) is 113 Å². The maximum absolute atomic E-state index is 13.4. The molecule has 0 atom stereocenters. The number of carbonyl (C=O) groups excluding carboxylic acids is 1. The molecule has 8 nitrogen and oxygen atoms in total. The summed E-state index contributed by atoms with van der Waals surface area (Å²) in [6, 6.07) is 21.7. The number of sulfonamides is 2. The number of halogens is 2. The van der Waals surface area contributed by atoms with Gasteiger partial charge in [-0.2, -0.15) is 0 Å². The highest BCUT2D eigenvalue weighted by molar-refractivity contribution is 7.93. The van der Waals surface area contributed by atoms with Gasteiger partial charge in [0.2, 0.25) is 5.91 Å². The van der Waals surface area contributed by atoms with Crippen LogP contribution in [0, 0.1) is 6.92 Å². The Morgan fingerprint density at radius 2 is 1.62 bits per heavy atom. The summed E-state index contributed by atoms with van der Waals surface area (Å²) in [4.78, 5) is 13.0. The highest BCUT2D eigenvalue weighted by Gasteiger charge is 2.36. The molecule has 0 radical (unpaired) electrons. The van der Waals surface area contributed by atoms with Crippen LogP contribution in [0.4, 0.5) is 17.1 Å². The third kappa shape index (κ3) is 5.20. The molecule has 0 unspecified atom stereocenters. The summed E-state index contributed by atoms with van der Waals surface area (Å²) in [5.74, 6) is -0.609. The van der Waals surface area contributed by atoms with E-state index >= 15 is 0 Å². The molecule has 1 aliphatic rings. The molecule has 4 aromatic rings. The quantitative estimate of drug-likeness (QED) is 0.285. The number of nitrogens with zero attached hydrogens (tertiary/aromatic N) is 1. The Kier molecular flexibility index (Phi) is 7.06. The van der Waals surface area contributed by atoms with Crippen molar-refractivity contribution in [1.29, 1.82) is 0 Å². The molecule has 0 saturated carbocycles. The minimum atomic E-state index is -4.03. The van der Waals surface area contributed by atoms with Crippen molar-refractivity contribution in [2.45, 2.75) is 16.7 Å². The standard InChI is InChI=1S/C27H21Cl2N3O5S2/c1-17-23(29)6-4-7-24(17)31-38(34,35)20-12-10-19(11-13-20)30-27(33)16-32-25-14-9-18(28)15-22(25)21-5-2-3-8-26(21)39(32,36)37/h2-15,31H,16H2,1H3,(H,30,33). The number of benzene rings is 4. The predicted octanol–water partition coefficient (Wildman–Crippen LogP) is 5.92. The summed E-state index contributed by atoms with van der Waals surface area (Å²) in [7, 11) is -7.95. The Morgan fingerprint density at radius 1 is 0.897 bits per heavy atom. The molecule has 1 heterocycles. The van der Waals surface area contributed by atoms with Gasteiger partial charge >= 0.3 is 0 Å². The van der Waals surface area contributed by atoms with Gasteiger partial charge in [-0.1, -0.05) is 47.5 Å². The Labute approximate surface area is 236 Å². The summed E-state index contributed by atoms with van der Waals surface area (Å²) in [6.07, 6.45) is 0. The second-order valence-corrected chi connectivity index (χ2v) is 13.1. The van der Waals surface area contributed by atoms with Gasteiger partial charge in [0, 0.05) is 26.9 Å². The first kappa shape index (κ1) is 27.0. The lowest BCUT2D eigenvalue weighted by atomic mass is 10.0. The predicted molar refractivity (Wildman–Crippen MR) is 153 cm³/mol. The number of hydrogen-bond acceptors (Lipinski definition) is 5. The molecule has 5 rings (SSSR count). The SMILES string of the molecule is Cc1c(Cl)cccc1NS(=O)(=O)c1ccc(NC(=O)CN2c3ccc(Cl)cc3-c3ccccc3S2(=O)=O)cc1. The lowest BCUT2D eigenvalue weighted by molar-refractivity contribution is -0.114. The molecule has 0 spiro atoms. The molecule has 4 aromatic carbocycles. The molecular formula is C27H21Cl2N3O5S2. The Hall–Kier alpha value is -3.57. The van der Waals surface area contributed by atoms with E-state index in [4.69, 9.17) is 23.2 Å².